The van der Waals surface area contributed by atoms with Gasteiger partial charge in [-0.25, -0.2) is 0 Å². The minimum atomic E-state index is -4.17. The first kappa shape index (κ1) is 22.1. The highest BCUT2D eigenvalue weighted by Crippen LogP contribution is 2.19. The smallest absolute Gasteiger partial charge is 0.401 e. The molecular weight excluding hydrogens is 375 g/mol. The molecular formula is C18H28F3N5O2. The van der Waals surface area contributed by atoms with E-state index in [1.165, 1.54) is 11.2 Å². The van der Waals surface area contributed by atoms with Gasteiger partial charge in [-0.05, 0) is 32.8 Å². The maximum atomic E-state index is 12.5. The summed E-state index contributed by atoms with van der Waals surface area (Å²) in [5.41, 5.74) is 0.783. The summed E-state index contributed by atoms with van der Waals surface area (Å²) in [6.07, 6.45) is -1.43. The van der Waals surface area contributed by atoms with E-state index in [9.17, 15) is 18.0 Å². The number of carbonyl (C=O) groups excluding carboxylic acids is 1. The first-order valence-electron chi connectivity index (χ1n) is 9.44. The summed E-state index contributed by atoms with van der Waals surface area (Å²) in [6.45, 7) is 5.17. The van der Waals surface area contributed by atoms with Crippen LogP contribution >= 0.6 is 0 Å². The third-order valence-corrected chi connectivity index (χ3v) is 4.32. The molecule has 0 spiro atoms. The van der Waals surface area contributed by atoms with Crippen LogP contribution in [0.3, 0.4) is 0 Å². The van der Waals surface area contributed by atoms with E-state index in [0.29, 0.717) is 57.3 Å². The van der Waals surface area contributed by atoms with Gasteiger partial charge in [0.2, 0.25) is 0 Å². The van der Waals surface area contributed by atoms with Crippen molar-refractivity contribution >= 4 is 11.9 Å². The zero-order chi connectivity index (χ0) is 20.6. The number of hydrogen-bond acceptors (Lipinski definition) is 4. The average molecular weight is 403 g/mol. The molecule has 2 rings (SSSR count). The number of guanidine groups is 1. The lowest BCUT2D eigenvalue weighted by Gasteiger charge is -2.19. The van der Waals surface area contributed by atoms with Gasteiger partial charge in [-0.1, -0.05) is 0 Å². The standard InChI is InChI=1S/C18H28F3N5O2/c1-3-22-17(25-14-5-9-26(11-14)12-18(19,20)21)24-8-4-7-23-16(27)15-13(2)6-10-28-15/h6,10,14H,3-5,7-9,11-12H2,1-2H3,(H,23,27)(H2,22,24,25). The van der Waals surface area contributed by atoms with Gasteiger partial charge in [0, 0.05) is 44.3 Å². The number of nitrogens with one attached hydrogen (secondary N) is 3. The Morgan fingerprint density at radius 1 is 1.39 bits per heavy atom. The van der Waals surface area contributed by atoms with Crippen molar-refractivity contribution < 1.29 is 22.4 Å². The quantitative estimate of drug-likeness (QED) is 0.351. The van der Waals surface area contributed by atoms with E-state index in [4.69, 9.17) is 4.42 Å². The van der Waals surface area contributed by atoms with E-state index < -0.39 is 12.7 Å². The van der Waals surface area contributed by atoms with Gasteiger partial charge < -0.3 is 20.4 Å². The van der Waals surface area contributed by atoms with E-state index in [0.717, 1.165) is 5.56 Å². The highest BCUT2D eigenvalue weighted by Gasteiger charge is 2.34. The normalized spacial score (nSPS) is 18.3. The van der Waals surface area contributed by atoms with E-state index in [1.807, 2.05) is 6.92 Å². The number of alkyl halides is 3. The summed E-state index contributed by atoms with van der Waals surface area (Å²) in [4.78, 5) is 17.8. The van der Waals surface area contributed by atoms with Crippen molar-refractivity contribution in [3.63, 3.8) is 0 Å². The first-order valence-corrected chi connectivity index (χ1v) is 9.44. The minimum Gasteiger partial charge on any atom is -0.459 e. The molecule has 28 heavy (non-hydrogen) atoms. The van der Waals surface area contributed by atoms with Crippen LogP contribution in [0.15, 0.2) is 21.7 Å². The number of carbonyl (C=O) groups is 1. The lowest BCUT2D eigenvalue weighted by atomic mass is 10.2. The van der Waals surface area contributed by atoms with Gasteiger partial charge in [0.25, 0.3) is 5.91 Å². The second-order valence-corrected chi connectivity index (χ2v) is 6.78. The Labute approximate surface area is 162 Å². The van der Waals surface area contributed by atoms with Gasteiger partial charge in [0.05, 0.1) is 12.8 Å². The fourth-order valence-electron chi connectivity index (χ4n) is 3.02. The Hall–Kier alpha value is -2.23. The molecule has 1 saturated heterocycles. The molecule has 1 unspecified atom stereocenters. The highest BCUT2D eigenvalue weighted by molar-refractivity contribution is 5.92. The van der Waals surface area contributed by atoms with Gasteiger partial charge in [0.1, 0.15) is 0 Å². The Morgan fingerprint density at radius 3 is 2.82 bits per heavy atom. The van der Waals surface area contributed by atoms with Crippen molar-refractivity contribution in [2.24, 2.45) is 4.99 Å². The Kier molecular flexibility index (Phi) is 8.16. The van der Waals surface area contributed by atoms with Crippen molar-refractivity contribution in [2.75, 3.05) is 39.3 Å². The van der Waals surface area contributed by atoms with Crippen LogP contribution in [0.2, 0.25) is 0 Å². The molecule has 0 aliphatic carbocycles. The number of likely N-dealkylation sites (tertiary alicyclic amines) is 1. The van der Waals surface area contributed by atoms with E-state index in [-0.39, 0.29) is 11.9 Å². The summed E-state index contributed by atoms with van der Waals surface area (Å²) < 4.78 is 42.6. The van der Waals surface area contributed by atoms with Gasteiger partial charge in [0.15, 0.2) is 11.7 Å². The molecule has 2 heterocycles. The molecule has 0 bridgehead atoms. The molecule has 0 radical (unpaired) electrons. The largest absolute Gasteiger partial charge is 0.459 e. The van der Waals surface area contributed by atoms with Crippen molar-refractivity contribution in [1.29, 1.82) is 0 Å². The molecule has 7 nitrogen and oxygen atoms in total. The number of aryl methyl sites for hydroxylation is 1. The topological polar surface area (TPSA) is 81.9 Å². The number of aliphatic imine (C=N–C) groups is 1. The van der Waals surface area contributed by atoms with Crippen LogP contribution in [0, 0.1) is 6.92 Å². The predicted octanol–water partition coefficient (Wildman–Crippen LogP) is 1.90. The third kappa shape index (κ3) is 7.41. The van der Waals surface area contributed by atoms with Crippen molar-refractivity contribution in [3.05, 3.63) is 23.7 Å². The summed E-state index contributed by atoms with van der Waals surface area (Å²) in [5.74, 6) is 0.630. The average Bonchev–Trinajstić information content (AvgIpc) is 3.21. The molecule has 1 aliphatic rings. The SMILES string of the molecule is CCNC(=NCCCNC(=O)c1occc1C)NC1CCN(CC(F)(F)F)C1. The molecule has 3 N–H and O–H groups in total. The molecule has 1 amide bonds. The molecule has 1 aromatic rings. The molecule has 1 aromatic heterocycles. The minimum absolute atomic E-state index is 0.0678. The van der Waals surface area contributed by atoms with Crippen LogP contribution < -0.4 is 16.0 Å². The van der Waals surface area contributed by atoms with Crippen LogP contribution in [0.4, 0.5) is 13.2 Å². The Bertz CT molecular complexity index is 660. The Morgan fingerprint density at radius 2 is 2.18 bits per heavy atom. The fraction of sp³-hybridized carbons (Fsp3) is 0.667. The number of furan rings is 1. The summed E-state index contributed by atoms with van der Waals surface area (Å²) >= 11 is 0. The van der Waals surface area contributed by atoms with Crippen molar-refractivity contribution in [1.82, 2.24) is 20.9 Å². The predicted molar refractivity (Wildman–Crippen MR) is 100 cm³/mol. The monoisotopic (exact) mass is 403 g/mol. The first-order chi connectivity index (χ1) is 13.3. The van der Waals surface area contributed by atoms with E-state index >= 15 is 0 Å². The highest BCUT2D eigenvalue weighted by atomic mass is 19.4. The molecule has 0 saturated carbocycles. The second-order valence-electron chi connectivity index (χ2n) is 6.78. The zero-order valence-electron chi connectivity index (χ0n) is 16.2. The Balaban J connectivity index is 1.72. The number of hydrogen-bond donors (Lipinski definition) is 3. The molecule has 158 valence electrons. The lowest BCUT2D eigenvalue weighted by molar-refractivity contribution is -0.143. The summed E-state index contributed by atoms with van der Waals surface area (Å²) in [6, 6.07) is 1.66. The van der Waals surface area contributed by atoms with Crippen LogP contribution in [-0.2, 0) is 0 Å². The number of amides is 1. The second kappa shape index (κ2) is 10.4. The van der Waals surface area contributed by atoms with Gasteiger partial charge in [-0.3, -0.25) is 14.7 Å². The number of halogens is 3. The molecule has 1 atom stereocenters. The van der Waals surface area contributed by atoms with E-state index in [2.05, 4.69) is 20.9 Å². The van der Waals surface area contributed by atoms with Gasteiger partial charge in [-0.2, -0.15) is 13.2 Å². The van der Waals surface area contributed by atoms with Crippen LogP contribution in [0.5, 0.6) is 0 Å². The number of rotatable bonds is 8. The number of nitrogens with zero attached hydrogens (tertiary/aromatic N) is 2. The summed E-state index contributed by atoms with van der Waals surface area (Å²) in [5, 5.41) is 9.06. The maximum Gasteiger partial charge on any atom is 0.401 e. The van der Waals surface area contributed by atoms with Gasteiger partial charge >= 0.3 is 6.18 Å². The van der Waals surface area contributed by atoms with Crippen molar-refractivity contribution in [3.8, 4) is 0 Å². The van der Waals surface area contributed by atoms with Crippen LogP contribution in [0.1, 0.15) is 35.9 Å². The zero-order valence-corrected chi connectivity index (χ0v) is 16.2. The maximum absolute atomic E-state index is 12.5. The molecule has 1 aliphatic heterocycles. The van der Waals surface area contributed by atoms with Crippen molar-refractivity contribution in [2.45, 2.75) is 38.9 Å². The summed E-state index contributed by atoms with van der Waals surface area (Å²) in [7, 11) is 0. The van der Waals surface area contributed by atoms with Crippen LogP contribution in [-0.4, -0.2) is 68.3 Å². The van der Waals surface area contributed by atoms with Gasteiger partial charge in [-0.15, -0.1) is 0 Å². The molecule has 0 aromatic carbocycles. The fourth-order valence-corrected chi connectivity index (χ4v) is 3.02. The molecule has 10 heteroatoms. The van der Waals surface area contributed by atoms with Crippen LogP contribution in [0.25, 0.3) is 0 Å². The molecule has 1 fully saturated rings. The lowest BCUT2D eigenvalue weighted by Crippen LogP contribution is -2.45. The third-order valence-electron chi connectivity index (χ3n) is 4.32. The van der Waals surface area contributed by atoms with E-state index in [1.54, 1.807) is 13.0 Å².